The molecule has 0 heterocycles. The molecule has 0 rings (SSSR count). The minimum atomic E-state index is 0.0570. The second-order valence-corrected chi connectivity index (χ2v) is 6.41. The van der Waals surface area contributed by atoms with Crippen LogP contribution in [-0.4, -0.2) is 64.6 Å². The number of aliphatic hydroxyl groups excluding tert-OH is 1. The van der Waals surface area contributed by atoms with Gasteiger partial charge in [-0.15, -0.1) is 0 Å². The highest BCUT2D eigenvalue weighted by Gasteiger charge is 2.02. The molecule has 0 saturated carbocycles. The molecule has 0 amide bonds. The van der Waals surface area contributed by atoms with Gasteiger partial charge in [0.15, 0.2) is 0 Å². The molecule has 0 atom stereocenters. The van der Waals surface area contributed by atoms with Crippen molar-refractivity contribution in [2.24, 2.45) is 5.92 Å². The minimum absolute atomic E-state index is 0.0570. The highest BCUT2D eigenvalue weighted by atomic mass is 16.6. The standard InChI is InChI=1S/C20H42O5/c1-3-20(4-2)10-8-6-5-7-9-12-22-14-16-24-18-19-25-17-15-23-13-11-21/h20-21H,3-19H2,1-2H3. The van der Waals surface area contributed by atoms with Gasteiger partial charge < -0.3 is 24.1 Å². The van der Waals surface area contributed by atoms with Crippen molar-refractivity contribution in [3.63, 3.8) is 0 Å². The first-order valence-electron chi connectivity index (χ1n) is 10.3. The lowest BCUT2D eigenvalue weighted by Crippen LogP contribution is -2.12. The van der Waals surface area contributed by atoms with E-state index in [1.54, 1.807) is 0 Å². The average molecular weight is 363 g/mol. The number of hydrogen-bond acceptors (Lipinski definition) is 5. The normalized spacial score (nSPS) is 11.5. The van der Waals surface area contributed by atoms with Gasteiger partial charge in [0.2, 0.25) is 0 Å². The van der Waals surface area contributed by atoms with Crippen LogP contribution in [0.15, 0.2) is 0 Å². The van der Waals surface area contributed by atoms with Crippen LogP contribution in [0, 0.1) is 5.92 Å². The zero-order valence-corrected chi connectivity index (χ0v) is 16.7. The first-order valence-corrected chi connectivity index (χ1v) is 10.3. The van der Waals surface area contributed by atoms with E-state index in [1.165, 1.54) is 44.9 Å². The third-order valence-electron chi connectivity index (χ3n) is 4.41. The third-order valence-corrected chi connectivity index (χ3v) is 4.41. The van der Waals surface area contributed by atoms with Gasteiger partial charge in [0.1, 0.15) is 0 Å². The first kappa shape index (κ1) is 24.8. The Kier molecular flexibility index (Phi) is 21.7. The molecule has 5 heteroatoms. The zero-order valence-electron chi connectivity index (χ0n) is 16.7. The average Bonchev–Trinajstić information content (AvgIpc) is 2.64. The molecular formula is C20H42O5. The van der Waals surface area contributed by atoms with Crippen molar-refractivity contribution in [2.45, 2.75) is 65.2 Å². The van der Waals surface area contributed by atoms with E-state index < -0.39 is 0 Å². The Labute approximate surface area is 155 Å². The van der Waals surface area contributed by atoms with Gasteiger partial charge >= 0.3 is 0 Å². The third kappa shape index (κ3) is 20.0. The maximum absolute atomic E-state index is 8.53. The molecule has 0 aromatic carbocycles. The smallest absolute Gasteiger partial charge is 0.0701 e. The van der Waals surface area contributed by atoms with Crippen molar-refractivity contribution in [3.05, 3.63) is 0 Å². The molecule has 25 heavy (non-hydrogen) atoms. The molecule has 0 unspecified atom stereocenters. The van der Waals surface area contributed by atoms with Gasteiger partial charge in [-0.1, -0.05) is 58.8 Å². The molecule has 0 saturated heterocycles. The highest BCUT2D eigenvalue weighted by molar-refractivity contribution is 4.55. The van der Waals surface area contributed by atoms with Gasteiger partial charge in [-0.2, -0.15) is 0 Å². The summed E-state index contributed by atoms with van der Waals surface area (Å²) in [6.07, 6.45) is 10.6. The topological polar surface area (TPSA) is 57.2 Å². The van der Waals surface area contributed by atoms with E-state index in [9.17, 15) is 0 Å². The lowest BCUT2D eigenvalue weighted by Gasteiger charge is -2.11. The number of rotatable bonds is 21. The van der Waals surface area contributed by atoms with Gasteiger partial charge in [0.05, 0.1) is 52.9 Å². The minimum Gasteiger partial charge on any atom is -0.394 e. The molecule has 0 aliphatic rings. The SMILES string of the molecule is CCC(CC)CCCCCCCOCCOCCOCCOCCO. The van der Waals surface area contributed by atoms with E-state index in [0.717, 1.165) is 18.9 Å². The van der Waals surface area contributed by atoms with Crippen LogP contribution in [0.25, 0.3) is 0 Å². The fourth-order valence-corrected chi connectivity index (χ4v) is 2.69. The fraction of sp³-hybridized carbons (Fsp3) is 1.00. The fourth-order valence-electron chi connectivity index (χ4n) is 2.69. The number of hydrogen-bond donors (Lipinski definition) is 1. The molecule has 0 aliphatic heterocycles. The van der Waals surface area contributed by atoms with E-state index in [0.29, 0.717) is 46.2 Å². The Morgan fingerprint density at radius 1 is 0.560 bits per heavy atom. The summed E-state index contributed by atoms with van der Waals surface area (Å²) in [5.74, 6) is 0.938. The van der Waals surface area contributed by atoms with E-state index in [-0.39, 0.29) is 6.61 Å². The van der Waals surface area contributed by atoms with Crippen molar-refractivity contribution >= 4 is 0 Å². The molecule has 0 radical (unpaired) electrons. The number of ether oxygens (including phenoxy) is 4. The maximum atomic E-state index is 8.53. The summed E-state index contributed by atoms with van der Waals surface area (Å²) in [5.41, 5.74) is 0. The molecule has 0 aromatic rings. The Balaban J connectivity index is 3.03. The van der Waals surface area contributed by atoms with Crippen molar-refractivity contribution in [3.8, 4) is 0 Å². The monoisotopic (exact) mass is 362 g/mol. The molecular weight excluding hydrogens is 320 g/mol. The van der Waals surface area contributed by atoms with Crippen molar-refractivity contribution in [1.82, 2.24) is 0 Å². The predicted molar refractivity (Wildman–Crippen MR) is 102 cm³/mol. The van der Waals surface area contributed by atoms with E-state index in [2.05, 4.69) is 13.8 Å². The number of unbranched alkanes of at least 4 members (excludes halogenated alkanes) is 4. The van der Waals surface area contributed by atoms with Crippen LogP contribution >= 0.6 is 0 Å². The molecule has 0 aromatic heterocycles. The summed E-state index contributed by atoms with van der Waals surface area (Å²) in [4.78, 5) is 0. The summed E-state index contributed by atoms with van der Waals surface area (Å²) < 4.78 is 21.4. The summed E-state index contributed by atoms with van der Waals surface area (Å²) in [6.45, 7) is 9.37. The maximum Gasteiger partial charge on any atom is 0.0701 e. The summed E-state index contributed by atoms with van der Waals surface area (Å²) in [6, 6.07) is 0. The molecule has 0 bridgehead atoms. The second kappa shape index (κ2) is 21.8. The van der Waals surface area contributed by atoms with Crippen molar-refractivity contribution in [2.75, 3.05) is 59.5 Å². The van der Waals surface area contributed by atoms with Crippen LogP contribution < -0.4 is 0 Å². The Morgan fingerprint density at radius 2 is 1.00 bits per heavy atom. The molecule has 5 nitrogen and oxygen atoms in total. The van der Waals surface area contributed by atoms with Crippen LogP contribution in [0.4, 0.5) is 0 Å². The lowest BCUT2D eigenvalue weighted by atomic mass is 9.96. The summed E-state index contributed by atoms with van der Waals surface area (Å²) in [5, 5.41) is 8.53. The van der Waals surface area contributed by atoms with E-state index >= 15 is 0 Å². The molecule has 152 valence electrons. The highest BCUT2D eigenvalue weighted by Crippen LogP contribution is 2.17. The summed E-state index contributed by atoms with van der Waals surface area (Å²) >= 11 is 0. The first-order chi connectivity index (χ1) is 12.3. The Hall–Kier alpha value is -0.200. The largest absolute Gasteiger partial charge is 0.394 e. The van der Waals surface area contributed by atoms with Crippen LogP contribution in [0.2, 0.25) is 0 Å². The summed E-state index contributed by atoms with van der Waals surface area (Å²) in [7, 11) is 0. The van der Waals surface area contributed by atoms with Gasteiger partial charge in [-0.25, -0.2) is 0 Å². The number of aliphatic hydroxyl groups is 1. The van der Waals surface area contributed by atoms with Gasteiger partial charge in [0.25, 0.3) is 0 Å². The van der Waals surface area contributed by atoms with Gasteiger partial charge in [-0.05, 0) is 12.3 Å². The van der Waals surface area contributed by atoms with Crippen molar-refractivity contribution < 1.29 is 24.1 Å². The van der Waals surface area contributed by atoms with E-state index in [4.69, 9.17) is 24.1 Å². The Bertz CT molecular complexity index is 234. The Morgan fingerprint density at radius 3 is 1.52 bits per heavy atom. The molecule has 1 N–H and O–H groups in total. The van der Waals surface area contributed by atoms with Gasteiger partial charge in [-0.3, -0.25) is 0 Å². The molecule has 0 spiro atoms. The van der Waals surface area contributed by atoms with Crippen molar-refractivity contribution in [1.29, 1.82) is 0 Å². The van der Waals surface area contributed by atoms with E-state index in [1.807, 2.05) is 0 Å². The van der Waals surface area contributed by atoms with Crippen LogP contribution in [0.1, 0.15) is 65.2 Å². The zero-order chi connectivity index (χ0) is 18.4. The second-order valence-electron chi connectivity index (χ2n) is 6.41. The molecule has 0 fully saturated rings. The molecule has 0 aliphatic carbocycles. The van der Waals surface area contributed by atoms with Crippen LogP contribution in [-0.2, 0) is 18.9 Å². The predicted octanol–water partition coefficient (Wildman–Crippen LogP) is 3.82. The van der Waals surface area contributed by atoms with Gasteiger partial charge in [0, 0.05) is 6.61 Å². The lowest BCUT2D eigenvalue weighted by molar-refractivity contribution is -0.00577. The van der Waals surface area contributed by atoms with Crippen LogP contribution in [0.3, 0.4) is 0 Å². The quantitative estimate of drug-likeness (QED) is 0.315. The van der Waals surface area contributed by atoms with Crippen LogP contribution in [0.5, 0.6) is 0 Å².